The van der Waals surface area contributed by atoms with Crippen LogP contribution in [0.2, 0.25) is 0 Å². The summed E-state index contributed by atoms with van der Waals surface area (Å²) >= 11 is 1.82. The second-order valence-electron chi connectivity index (χ2n) is 3.84. The summed E-state index contributed by atoms with van der Waals surface area (Å²) in [5, 5.41) is 6.87. The molecular weight excluding hydrogens is 226 g/mol. The van der Waals surface area contributed by atoms with E-state index in [-0.39, 0.29) is 0 Å². The van der Waals surface area contributed by atoms with Crippen LogP contribution in [-0.2, 0) is 10.5 Å². The molecule has 1 aromatic rings. The van der Waals surface area contributed by atoms with Gasteiger partial charge in [0.25, 0.3) is 0 Å². The van der Waals surface area contributed by atoms with E-state index in [0.717, 1.165) is 17.3 Å². The Bertz CT molecular complexity index is 291. The Morgan fingerprint density at radius 2 is 2.31 bits per heavy atom. The molecule has 0 aliphatic carbocycles. The third-order valence-electron chi connectivity index (χ3n) is 1.73. The number of nitrogens with zero attached hydrogens (tertiary/aromatic N) is 2. The van der Waals surface area contributed by atoms with Gasteiger partial charge >= 0.3 is 6.01 Å². The summed E-state index contributed by atoms with van der Waals surface area (Å²) in [6, 6.07) is 0.470. The first-order valence-electron chi connectivity index (χ1n) is 5.35. The van der Waals surface area contributed by atoms with Crippen LogP contribution in [0.1, 0.15) is 19.7 Å². The highest BCUT2D eigenvalue weighted by molar-refractivity contribution is 7.98. The molecule has 1 heterocycles. The van der Waals surface area contributed by atoms with Crippen LogP contribution in [0.15, 0.2) is 4.52 Å². The zero-order valence-corrected chi connectivity index (χ0v) is 10.8. The fourth-order valence-corrected chi connectivity index (χ4v) is 1.92. The zero-order chi connectivity index (χ0) is 11.8. The monoisotopic (exact) mass is 245 g/mol. The quantitative estimate of drug-likeness (QED) is 0.707. The Morgan fingerprint density at radius 3 is 3.00 bits per heavy atom. The number of rotatable bonds is 8. The van der Waals surface area contributed by atoms with Gasteiger partial charge in [-0.25, -0.2) is 0 Å². The number of aromatic nitrogens is 2. The maximum absolute atomic E-state index is 5.03. The van der Waals surface area contributed by atoms with Gasteiger partial charge in [-0.05, 0) is 11.7 Å². The van der Waals surface area contributed by atoms with Gasteiger partial charge in [-0.1, -0.05) is 19.0 Å². The fraction of sp³-hybridized carbons (Fsp3) is 0.800. The van der Waals surface area contributed by atoms with Crippen LogP contribution in [0.5, 0.6) is 0 Å². The van der Waals surface area contributed by atoms with E-state index in [0.29, 0.717) is 25.1 Å². The van der Waals surface area contributed by atoms with E-state index in [1.807, 2.05) is 11.8 Å². The molecule has 5 nitrogen and oxygen atoms in total. The van der Waals surface area contributed by atoms with Crippen LogP contribution < -0.4 is 5.32 Å². The molecule has 1 rings (SSSR count). The average molecular weight is 245 g/mol. The molecule has 0 unspecified atom stereocenters. The standard InChI is InChI=1S/C10H19N3O2S/c1-8(2)6-16-7-9-12-10(15-13-9)11-4-5-14-3/h8H,4-7H2,1-3H3,(H,11,12,13). The van der Waals surface area contributed by atoms with Crippen molar-refractivity contribution in [2.24, 2.45) is 5.92 Å². The van der Waals surface area contributed by atoms with Gasteiger partial charge < -0.3 is 14.6 Å². The SMILES string of the molecule is COCCNc1nc(CSCC(C)C)no1. The van der Waals surface area contributed by atoms with Crippen LogP contribution in [0.25, 0.3) is 0 Å². The highest BCUT2D eigenvalue weighted by Gasteiger charge is 2.05. The molecule has 1 N–H and O–H groups in total. The van der Waals surface area contributed by atoms with Gasteiger partial charge in [0.2, 0.25) is 0 Å². The van der Waals surface area contributed by atoms with Gasteiger partial charge in [0.1, 0.15) is 0 Å². The molecule has 0 amide bonds. The van der Waals surface area contributed by atoms with Gasteiger partial charge in [-0.2, -0.15) is 16.7 Å². The predicted molar refractivity (Wildman–Crippen MR) is 65.7 cm³/mol. The lowest BCUT2D eigenvalue weighted by Gasteiger charge is -2.00. The molecule has 0 aromatic carbocycles. The van der Waals surface area contributed by atoms with Crippen molar-refractivity contribution in [3.05, 3.63) is 5.82 Å². The Balaban J connectivity index is 2.22. The van der Waals surface area contributed by atoms with Crippen molar-refractivity contribution in [3.63, 3.8) is 0 Å². The maximum atomic E-state index is 5.03. The highest BCUT2D eigenvalue weighted by atomic mass is 32.2. The first-order valence-corrected chi connectivity index (χ1v) is 6.51. The molecule has 0 saturated carbocycles. The smallest absolute Gasteiger partial charge is 0.321 e. The number of hydrogen-bond acceptors (Lipinski definition) is 6. The molecule has 0 saturated heterocycles. The molecule has 0 aliphatic rings. The molecule has 0 aliphatic heterocycles. The lowest BCUT2D eigenvalue weighted by molar-refractivity contribution is 0.210. The molecule has 0 bridgehead atoms. The van der Waals surface area contributed by atoms with E-state index in [9.17, 15) is 0 Å². The van der Waals surface area contributed by atoms with Crippen LogP contribution in [-0.4, -0.2) is 36.2 Å². The molecule has 16 heavy (non-hydrogen) atoms. The Morgan fingerprint density at radius 1 is 1.50 bits per heavy atom. The first-order chi connectivity index (χ1) is 7.72. The molecule has 92 valence electrons. The number of hydrogen-bond donors (Lipinski definition) is 1. The van der Waals surface area contributed by atoms with Crippen molar-refractivity contribution in [2.45, 2.75) is 19.6 Å². The van der Waals surface area contributed by atoms with E-state index in [1.165, 1.54) is 0 Å². The Kier molecular flexibility index (Phi) is 6.25. The zero-order valence-electron chi connectivity index (χ0n) is 10.0. The predicted octanol–water partition coefficient (Wildman–Crippen LogP) is 2.02. The number of anilines is 1. The Labute approximate surface area is 100 Å². The summed E-state index contributed by atoms with van der Waals surface area (Å²) in [6.07, 6.45) is 0. The van der Waals surface area contributed by atoms with Crippen LogP contribution >= 0.6 is 11.8 Å². The third-order valence-corrected chi connectivity index (χ3v) is 3.10. The van der Waals surface area contributed by atoms with E-state index in [4.69, 9.17) is 9.26 Å². The van der Waals surface area contributed by atoms with E-state index in [2.05, 4.69) is 29.3 Å². The summed E-state index contributed by atoms with van der Waals surface area (Å²) in [6.45, 7) is 5.69. The van der Waals surface area contributed by atoms with Crippen molar-refractivity contribution >= 4 is 17.8 Å². The van der Waals surface area contributed by atoms with Crippen LogP contribution in [0.4, 0.5) is 6.01 Å². The first kappa shape index (κ1) is 13.3. The van der Waals surface area contributed by atoms with Gasteiger partial charge in [0.15, 0.2) is 5.82 Å². The number of nitrogens with one attached hydrogen (secondary N) is 1. The number of methoxy groups -OCH3 is 1. The van der Waals surface area contributed by atoms with Crippen molar-refractivity contribution in [2.75, 3.05) is 31.3 Å². The largest absolute Gasteiger partial charge is 0.383 e. The van der Waals surface area contributed by atoms with E-state index < -0.39 is 0 Å². The lowest BCUT2D eigenvalue weighted by Crippen LogP contribution is -2.07. The molecule has 0 radical (unpaired) electrons. The van der Waals surface area contributed by atoms with Crippen molar-refractivity contribution in [1.29, 1.82) is 0 Å². The molecule has 1 aromatic heterocycles. The number of thioether (sulfide) groups is 1. The average Bonchev–Trinajstić information content (AvgIpc) is 2.66. The van der Waals surface area contributed by atoms with Crippen molar-refractivity contribution in [1.82, 2.24) is 10.1 Å². The summed E-state index contributed by atoms with van der Waals surface area (Å²) in [4.78, 5) is 4.21. The van der Waals surface area contributed by atoms with E-state index in [1.54, 1.807) is 7.11 Å². The number of ether oxygens (including phenoxy) is 1. The fourth-order valence-electron chi connectivity index (χ4n) is 1.03. The normalized spacial score (nSPS) is 11.0. The van der Waals surface area contributed by atoms with Gasteiger partial charge in [0.05, 0.1) is 12.4 Å². The Hall–Kier alpha value is -0.750. The minimum atomic E-state index is 0.470. The van der Waals surface area contributed by atoms with Gasteiger partial charge in [-0.15, -0.1) is 0 Å². The molecular formula is C10H19N3O2S. The van der Waals surface area contributed by atoms with Crippen molar-refractivity contribution in [3.8, 4) is 0 Å². The summed E-state index contributed by atoms with van der Waals surface area (Å²) in [7, 11) is 1.66. The van der Waals surface area contributed by atoms with Crippen molar-refractivity contribution < 1.29 is 9.26 Å². The minimum absolute atomic E-state index is 0.470. The lowest BCUT2D eigenvalue weighted by atomic mass is 10.3. The maximum Gasteiger partial charge on any atom is 0.321 e. The third kappa shape index (κ3) is 5.37. The molecule has 6 heteroatoms. The second kappa shape index (κ2) is 7.51. The summed E-state index contributed by atoms with van der Waals surface area (Å²) in [5.41, 5.74) is 0. The van der Waals surface area contributed by atoms with Gasteiger partial charge in [-0.3, -0.25) is 0 Å². The molecule has 0 fully saturated rings. The van der Waals surface area contributed by atoms with Crippen LogP contribution in [0, 0.1) is 5.92 Å². The molecule has 0 atom stereocenters. The molecule has 0 spiro atoms. The summed E-state index contributed by atoms with van der Waals surface area (Å²) < 4.78 is 9.93. The topological polar surface area (TPSA) is 60.2 Å². The van der Waals surface area contributed by atoms with E-state index >= 15 is 0 Å². The van der Waals surface area contributed by atoms with Crippen LogP contribution in [0.3, 0.4) is 0 Å². The highest BCUT2D eigenvalue weighted by Crippen LogP contribution is 2.14. The minimum Gasteiger partial charge on any atom is -0.383 e. The second-order valence-corrected chi connectivity index (χ2v) is 4.87. The summed E-state index contributed by atoms with van der Waals surface area (Å²) in [5.74, 6) is 3.34. The van der Waals surface area contributed by atoms with Gasteiger partial charge in [0, 0.05) is 13.7 Å².